The van der Waals surface area contributed by atoms with E-state index >= 15 is 0 Å². The first-order valence-electron chi connectivity index (χ1n) is 8.76. The van der Waals surface area contributed by atoms with E-state index in [0.29, 0.717) is 16.9 Å². The Morgan fingerprint density at radius 1 is 1.25 bits per heavy atom. The number of ether oxygens (including phenoxy) is 2. The van der Waals surface area contributed by atoms with Crippen molar-refractivity contribution in [3.8, 4) is 11.5 Å². The van der Waals surface area contributed by atoms with Crippen molar-refractivity contribution in [3.63, 3.8) is 0 Å². The fourth-order valence-electron chi connectivity index (χ4n) is 3.55. The van der Waals surface area contributed by atoms with Gasteiger partial charge in [0.2, 0.25) is 6.79 Å². The monoisotopic (exact) mass is 398 g/mol. The molecule has 9 nitrogen and oxygen atoms in total. The third-order valence-electron chi connectivity index (χ3n) is 4.90. The molecular formula is C18H14N4O5S. The van der Waals surface area contributed by atoms with Crippen molar-refractivity contribution in [2.24, 2.45) is 5.10 Å². The van der Waals surface area contributed by atoms with Crippen LogP contribution in [0.4, 0.5) is 5.69 Å². The molecule has 0 atom stereocenters. The van der Waals surface area contributed by atoms with Gasteiger partial charge in [-0.25, -0.2) is 4.98 Å². The van der Waals surface area contributed by atoms with E-state index in [2.05, 4.69) is 10.1 Å². The molecule has 0 fully saturated rings. The van der Waals surface area contributed by atoms with Gasteiger partial charge in [-0.2, -0.15) is 9.78 Å². The molecule has 142 valence electrons. The predicted molar refractivity (Wildman–Crippen MR) is 103 cm³/mol. The van der Waals surface area contributed by atoms with E-state index in [4.69, 9.17) is 9.47 Å². The van der Waals surface area contributed by atoms with Gasteiger partial charge < -0.3 is 9.47 Å². The van der Waals surface area contributed by atoms with Crippen molar-refractivity contribution in [2.75, 3.05) is 6.79 Å². The van der Waals surface area contributed by atoms with Crippen LogP contribution in [0, 0.1) is 10.1 Å². The molecule has 1 aromatic carbocycles. The number of thiophene rings is 1. The summed E-state index contributed by atoms with van der Waals surface area (Å²) in [6.07, 6.45) is 6.64. The van der Waals surface area contributed by atoms with Gasteiger partial charge in [0.1, 0.15) is 11.2 Å². The Bertz CT molecular complexity index is 1210. The van der Waals surface area contributed by atoms with Gasteiger partial charge in [-0.1, -0.05) is 0 Å². The molecule has 0 spiro atoms. The van der Waals surface area contributed by atoms with Crippen LogP contribution in [0.1, 0.15) is 28.8 Å². The predicted octanol–water partition coefficient (Wildman–Crippen LogP) is 2.86. The number of aromatic nitrogens is 2. The van der Waals surface area contributed by atoms with E-state index in [1.54, 1.807) is 11.3 Å². The molecule has 0 bridgehead atoms. The Hall–Kier alpha value is -3.27. The Labute approximate surface area is 162 Å². The molecule has 0 saturated carbocycles. The van der Waals surface area contributed by atoms with Crippen molar-refractivity contribution in [2.45, 2.75) is 25.7 Å². The lowest BCUT2D eigenvalue weighted by atomic mass is 9.97. The van der Waals surface area contributed by atoms with E-state index in [1.807, 2.05) is 0 Å². The highest BCUT2D eigenvalue weighted by Crippen LogP contribution is 2.37. The van der Waals surface area contributed by atoms with Crippen LogP contribution in [-0.2, 0) is 12.8 Å². The van der Waals surface area contributed by atoms with Gasteiger partial charge in [-0.3, -0.25) is 14.9 Å². The molecule has 0 radical (unpaired) electrons. The highest BCUT2D eigenvalue weighted by molar-refractivity contribution is 7.18. The smallest absolute Gasteiger partial charge is 0.282 e. The topological polar surface area (TPSA) is 109 Å². The van der Waals surface area contributed by atoms with Crippen molar-refractivity contribution in [3.05, 3.63) is 54.9 Å². The number of aryl methyl sites for hydroxylation is 2. The maximum absolute atomic E-state index is 12.9. The number of nitro groups is 1. The zero-order valence-electron chi connectivity index (χ0n) is 14.6. The second-order valence-corrected chi connectivity index (χ2v) is 7.63. The minimum Gasteiger partial charge on any atom is -0.454 e. The summed E-state index contributed by atoms with van der Waals surface area (Å²) >= 11 is 1.56. The molecular weight excluding hydrogens is 384 g/mol. The summed E-state index contributed by atoms with van der Waals surface area (Å²) in [5, 5.41) is 16.1. The van der Waals surface area contributed by atoms with Crippen LogP contribution in [-0.4, -0.2) is 27.6 Å². The van der Waals surface area contributed by atoms with Crippen molar-refractivity contribution in [1.82, 2.24) is 9.66 Å². The first-order chi connectivity index (χ1) is 13.6. The molecule has 0 amide bonds. The Morgan fingerprint density at radius 2 is 2.04 bits per heavy atom. The molecule has 5 rings (SSSR count). The van der Waals surface area contributed by atoms with Gasteiger partial charge in [0, 0.05) is 4.88 Å². The van der Waals surface area contributed by atoms with Gasteiger partial charge in [0.05, 0.1) is 28.2 Å². The molecule has 3 heterocycles. The zero-order valence-corrected chi connectivity index (χ0v) is 15.4. The molecule has 0 N–H and O–H groups in total. The molecule has 1 aliphatic heterocycles. The van der Waals surface area contributed by atoms with Crippen LogP contribution in [0.5, 0.6) is 11.5 Å². The summed E-state index contributed by atoms with van der Waals surface area (Å²) in [6, 6.07) is 2.77. The third kappa shape index (κ3) is 2.64. The van der Waals surface area contributed by atoms with Crippen LogP contribution < -0.4 is 15.0 Å². The van der Waals surface area contributed by atoms with Gasteiger partial charge in [-0.15, -0.1) is 11.3 Å². The quantitative estimate of drug-likeness (QED) is 0.381. The van der Waals surface area contributed by atoms with Crippen LogP contribution >= 0.6 is 11.3 Å². The average molecular weight is 398 g/mol. The van der Waals surface area contributed by atoms with E-state index in [1.165, 1.54) is 29.6 Å². The number of fused-ring (bicyclic) bond motifs is 4. The minimum absolute atomic E-state index is 0.0103. The number of rotatable bonds is 3. The highest BCUT2D eigenvalue weighted by atomic mass is 32.1. The standard InChI is InChI=1S/C18H14N4O5S/c23-18-16-11-3-1-2-4-15(11)28-17(16)19-8-21(18)20-7-10-5-13-14(27-9-26-13)6-12(10)22(24)25/h5-8H,1-4,9H2. The SMILES string of the molecule is O=c1c2c3c(sc2ncn1N=Cc1cc2c(cc1[N+](=O)[O-])OCO2)CCCC3. The fourth-order valence-corrected chi connectivity index (χ4v) is 4.77. The van der Waals surface area contributed by atoms with Gasteiger partial charge in [0.15, 0.2) is 11.5 Å². The van der Waals surface area contributed by atoms with Crippen molar-refractivity contribution >= 4 is 33.5 Å². The Kier molecular flexibility index (Phi) is 3.86. The molecule has 2 aliphatic rings. The van der Waals surface area contributed by atoms with Crippen molar-refractivity contribution in [1.29, 1.82) is 0 Å². The summed E-state index contributed by atoms with van der Waals surface area (Å²) in [6.45, 7) is 0.0103. The van der Waals surface area contributed by atoms with E-state index < -0.39 is 4.92 Å². The normalized spacial score (nSPS) is 15.3. The molecule has 2 aromatic heterocycles. The maximum Gasteiger partial charge on any atom is 0.282 e. The van der Waals surface area contributed by atoms with Crippen LogP contribution in [0.3, 0.4) is 0 Å². The fraction of sp³-hybridized carbons (Fsp3) is 0.278. The number of nitro benzene ring substituents is 1. The lowest BCUT2D eigenvalue weighted by Gasteiger charge is -2.09. The van der Waals surface area contributed by atoms with Crippen LogP contribution in [0.15, 0.2) is 28.4 Å². The second kappa shape index (κ2) is 6.41. The molecule has 0 saturated heterocycles. The van der Waals surface area contributed by atoms with Gasteiger partial charge in [-0.05, 0) is 37.3 Å². The van der Waals surface area contributed by atoms with E-state index in [0.717, 1.165) is 40.8 Å². The highest BCUT2D eigenvalue weighted by Gasteiger charge is 2.23. The summed E-state index contributed by atoms with van der Waals surface area (Å²) < 4.78 is 11.6. The first-order valence-corrected chi connectivity index (χ1v) is 9.58. The number of nitrogens with zero attached hydrogens (tertiary/aromatic N) is 4. The zero-order chi connectivity index (χ0) is 19.3. The number of benzene rings is 1. The summed E-state index contributed by atoms with van der Waals surface area (Å²) in [5.41, 5.74) is 0.850. The molecule has 0 unspecified atom stereocenters. The van der Waals surface area contributed by atoms with E-state index in [-0.39, 0.29) is 23.6 Å². The molecule has 3 aromatic rings. The maximum atomic E-state index is 12.9. The first kappa shape index (κ1) is 16.9. The molecule has 10 heteroatoms. The third-order valence-corrected chi connectivity index (χ3v) is 6.10. The molecule has 1 aliphatic carbocycles. The summed E-state index contributed by atoms with van der Waals surface area (Å²) in [7, 11) is 0. The van der Waals surface area contributed by atoms with Crippen molar-refractivity contribution < 1.29 is 14.4 Å². The Balaban J connectivity index is 1.59. The second-order valence-electron chi connectivity index (χ2n) is 6.55. The summed E-state index contributed by atoms with van der Waals surface area (Å²) in [4.78, 5) is 30.1. The lowest BCUT2D eigenvalue weighted by molar-refractivity contribution is -0.385. The number of hydrogen-bond acceptors (Lipinski definition) is 8. The Morgan fingerprint density at radius 3 is 2.86 bits per heavy atom. The number of hydrogen-bond donors (Lipinski definition) is 0. The minimum atomic E-state index is -0.525. The van der Waals surface area contributed by atoms with Crippen LogP contribution in [0.25, 0.3) is 10.2 Å². The van der Waals surface area contributed by atoms with Crippen LogP contribution in [0.2, 0.25) is 0 Å². The largest absolute Gasteiger partial charge is 0.454 e. The lowest BCUT2D eigenvalue weighted by Crippen LogP contribution is -2.18. The molecule has 28 heavy (non-hydrogen) atoms. The van der Waals surface area contributed by atoms with E-state index in [9.17, 15) is 14.9 Å². The van der Waals surface area contributed by atoms with Gasteiger partial charge in [0.25, 0.3) is 11.2 Å². The van der Waals surface area contributed by atoms with Gasteiger partial charge >= 0.3 is 0 Å². The average Bonchev–Trinajstić information content (AvgIpc) is 3.30. The summed E-state index contributed by atoms with van der Waals surface area (Å²) in [5.74, 6) is 0.717.